The third-order valence-corrected chi connectivity index (χ3v) is 3.42. The van der Waals surface area contributed by atoms with Crippen LogP contribution in [0, 0.1) is 0 Å². The van der Waals surface area contributed by atoms with Gasteiger partial charge in [-0.3, -0.25) is 4.98 Å². The van der Waals surface area contributed by atoms with Gasteiger partial charge in [-0.2, -0.15) is 4.52 Å². The Morgan fingerprint density at radius 2 is 2.38 bits per heavy atom. The fourth-order valence-electron chi connectivity index (χ4n) is 1.36. The summed E-state index contributed by atoms with van der Waals surface area (Å²) >= 11 is 3.59. The molecule has 0 aromatic carbocycles. The molecule has 16 heavy (non-hydrogen) atoms. The number of alkyl halides is 1. The minimum atomic E-state index is 0.543. The van der Waals surface area contributed by atoms with Crippen LogP contribution >= 0.6 is 15.9 Å². The third kappa shape index (κ3) is 2.46. The zero-order valence-electron chi connectivity index (χ0n) is 8.97. The van der Waals surface area contributed by atoms with Gasteiger partial charge in [0.15, 0.2) is 5.65 Å². The molecule has 0 aliphatic rings. The lowest BCUT2D eigenvalue weighted by Crippen LogP contribution is -2.11. The summed E-state index contributed by atoms with van der Waals surface area (Å²) in [6.45, 7) is 3.02. The van der Waals surface area contributed by atoms with Crippen LogP contribution < -0.4 is 5.32 Å². The SMILES string of the molecule is CCC(Br)CCNc1cncc2nnnn12. The summed E-state index contributed by atoms with van der Waals surface area (Å²) < 4.78 is 1.64. The summed E-state index contributed by atoms with van der Waals surface area (Å²) in [4.78, 5) is 4.61. The number of rotatable bonds is 5. The number of hydrogen-bond donors (Lipinski definition) is 1. The molecule has 0 saturated carbocycles. The molecule has 1 atom stereocenters. The van der Waals surface area contributed by atoms with Crippen LogP contribution in [0.4, 0.5) is 5.82 Å². The molecule has 0 fully saturated rings. The summed E-state index contributed by atoms with van der Waals surface area (Å²) in [5, 5.41) is 14.6. The largest absolute Gasteiger partial charge is 0.369 e. The lowest BCUT2D eigenvalue weighted by atomic mass is 10.2. The number of tetrazole rings is 1. The van der Waals surface area contributed by atoms with Crippen LogP contribution in [0.25, 0.3) is 5.65 Å². The monoisotopic (exact) mass is 284 g/mol. The Kier molecular flexibility index (Phi) is 3.66. The van der Waals surface area contributed by atoms with E-state index in [2.05, 4.69) is 48.7 Å². The van der Waals surface area contributed by atoms with Gasteiger partial charge < -0.3 is 5.32 Å². The third-order valence-electron chi connectivity index (χ3n) is 2.32. The molecule has 0 saturated heterocycles. The normalized spacial score (nSPS) is 12.9. The van der Waals surface area contributed by atoms with E-state index >= 15 is 0 Å². The highest BCUT2D eigenvalue weighted by Crippen LogP contribution is 2.10. The molecular weight excluding hydrogens is 272 g/mol. The number of halogens is 1. The Bertz CT molecular complexity index is 456. The molecular formula is C9H13BrN6. The molecule has 0 aliphatic heterocycles. The van der Waals surface area contributed by atoms with Crippen molar-refractivity contribution in [3.63, 3.8) is 0 Å². The molecule has 2 heterocycles. The zero-order chi connectivity index (χ0) is 11.4. The molecule has 7 heteroatoms. The van der Waals surface area contributed by atoms with Gasteiger partial charge in [-0.25, -0.2) is 0 Å². The summed E-state index contributed by atoms with van der Waals surface area (Å²) in [6.07, 6.45) is 5.52. The van der Waals surface area contributed by atoms with E-state index in [1.165, 1.54) is 0 Å². The molecule has 6 nitrogen and oxygen atoms in total. The van der Waals surface area contributed by atoms with Gasteiger partial charge in [-0.05, 0) is 23.3 Å². The van der Waals surface area contributed by atoms with Crippen LogP contribution in [0.15, 0.2) is 12.4 Å². The fourth-order valence-corrected chi connectivity index (χ4v) is 1.59. The van der Waals surface area contributed by atoms with Crippen molar-refractivity contribution < 1.29 is 0 Å². The second kappa shape index (κ2) is 5.20. The van der Waals surface area contributed by atoms with Crippen molar-refractivity contribution in [1.82, 2.24) is 25.0 Å². The van der Waals surface area contributed by atoms with Crippen molar-refractivity contribution in [2.45, 2.75) is 24.6 Å². The summed E-state index contributed by atoms with van der Waals surface area (Å²) in [5.41, 5.74) is 0.649. The maximum atomic E-state index is 4.07. The van der Waals surface area contributed by atoms with E-state index < -0.39 is 0 Å². The summed E-state index contributed by atoms with van der Waals surface area (Å²) in [6, 6.07) is 0. The number of nitrogens with zero attached hydrogens (tertiary/aromatic N) is 5. The van der Waals surface area contributed by atoms with Gasteiger partial charge in [-0.15, -0.1) is 5.10 Å². The molecule has 2 rings (SSSR count). The van der Waals surface area contributed by atoms with E-state index in [-0.39, 0.29) is 0 Å². The van der Waals surface area contributed by atoms with E-state index in [4.69, 9.17) is 0 Å². The zero-order valence-corrected chi connectivity index (χ0v) is 10.6. The molecule has 0 aliphatic carbocycles. The van der Waals surface area contributed by atoms with Gasteiger partial charge >= 0.3 is 0 Å². The number of anilines is 1. The second-order valence-electron chi connectivity index (χ2n) is 3.46. The highest BCUT2D eigenvalue weighted by Gasteiger charge is 2.04. The molecule has 86 valence electrons. The molecule has 2 aromatic heterocycles. The van der Waals surface area contributed by atoms with Crippen molar-refractivity contribution in [3.8, 4) is 0 Å². The van der Waals surface area contributed by atoms with Crippen LogP contribution in [-0.4, -0.2) is 36.4 Å². The maximum absolute atomic E-state index is 4.07. The van der Waals surface area contributed by atoms with Gasteiger partial charge in [0.2, 0.25) is 0 Å². The van der Waals surface area contributed by atoms with Crippen molar-refractivity contribution in [2.75, 3.05) is 11.9 Å². The van der Waals surface area contributed by atoms with Crippen LogP contribution in [0.2, 0.25) is 0 Å². The van der Waals surface area contributed by atoms with Crippen molar-refractivity contribution in [3.05, 3.63) is 12.4 Å². The minimum absolute atomic E-state index is 0.543. The first-order valence-corrected chi connectivity index (χ1v) is 6.13. The molecule has 1 N–H and O–H groups in total. The Hall–Kier alpha value is -1.24. The van der Waals surface area contributed by atoms with Crippen LogP contribution in [0.1, 0.15) is 19.8 Å². The van der Waals surface area contributed by atoms with Crippen molar-refractivity contribution in [2.24, 2.45) is 0 Å². The van der Waals surface area contributed by atoms with Gasteiger partial charge in [0.1, 0.15) is 5.82 Å². The molecule has 0 radical (unpaired) electrons. The van der Waals surface area contributed by atoms with Crippen LogP contribution in [-0.2, 0) is 0 Å². The molecule has 0 bridgehead atoms. The van der Waals surface area contributed by atoms with E-state index in [9.17, 15) is 0 Å². The fraction of sp³-hybridized carbons (Fsp3) is 0.556. The Labute approximate surface area is 102 Å². The molecule has 2 aromatic rings. The van der Waals surface area contributed by atoms with Gasteiger partial charge in [0.25, 0.3) is 0 Å². The molecule has 0 spiro atoms. The van der Waals surface area contributed by atoms with Crippen molar-refractivity contribution >= 4 is 27.4 Å². The quantitative estimate of drug-likeness (QED) is 0.843. The van der Waals surface area contributed by atoms with E-state index in [1.807, 2.05) is 0 Å². The summed E-state index contributed by atoms with van der Waals surface area (Å²) in [7, 11) is 0. The molecule has 0 amide bonds. The topological polar surface area (TPSA) is 68.0 Å². The van der Waals surface area contributed by atoms with Gasteiger partial charge in [0, 0.05) is 11.4 Å². The van der Waals surface area contributed by atoms with Crippen LogP contribution in [0.5, 0.6) is 0 Å². The Balaban J connectivity index is 2.01. The smallest absolute Gasteiger partial charge is 0.199 e. The Morgan fingerprint density at radius 1 is 1.50 bits per heavy atom. The predicted molar refractivity (Wildman–Crippen MR) is 64.7 cm³/mol. The Morgan fingerprint density at radius 3 is 3.19 bits per heavy atom. The maximum Gasteiger partial charge on any atom is 0.199 e. The van der Waals surface area contributed by atoms with E-state index in [0.29, 0.717) is 10.5 Å². The average molecular weight is 285 g/mol. The first-order valence-electron chi connectivity index (χ1n) is 5.21. The number of hydrogen-bond acceptors (Lipinski definition) is 5. The van der Waals surface area contributed by atoms with Gasteiger partial charge in [-0.1, -0.05) is 22.9 Å². The van der Waals surface area contributed by atoms with E-state index in [1.54, 1.807) is 16.9 Å². The standard InChI is InChI=1S/C9H13BrN6/c1-2-7(10)3-4-12-8-5-11-6-9-13-14-15-16(8)9/h5-7,12H,2-4H2,1H3. The minimum Gasteiger partial charge on any atom is -0.369 e. The highest BCUT2D eigenvalue weighted by atomic mass is 79.9. The lowest BCUT2D eigenvalue weighted by Gasteiger charge is -2.09. The van der Waals surface area contributed by atoms with Crippen LogP contribution in [0.3, 0.4) is 0 Å². The van der Waals surface area contributed by atoms with Crippen molar-refractivity contribution in [1.29, 1.82) is 0 Å². The summed E-state index contributed by atoms with van der Waals surface area (Å²) in [5.74, 6) is 0.818. The van der Waals surface area contributed by atoms with Gasteiger partial charge in [0.05, 0.1) is 12.4 Å². The number of fused-ring (bicyclic) bond motifs is 1. The average Bonchev–Trinajstić information content (AvgIpc) is 2.77. The molecule has 1 unspecified atom stereocenters. The number of aromatic nitrogens is 5. The number of nitrogens with one attached hydrogen (secondary N) is 1. The first kappa shape index (κ1) is 11.3. The second-order valence-corrected chi connectivity index (χ2v) is 4.76. The predicted octanol–water partition coefficient (Wildman–Crippen LogP) is 1.49. The van der Waals surface area contributed by atoms with E-state index in [0.717, 1.165) is 25.2 Å². The highest BCUT2D eigenvalue weighted by molar-refractivity contribution is 9.09. The lowest BCUT2D eigenvalue weighted by molar-refractivity contribution is 0.763. The first-order chi connectivity index (χ1) is 7.81.